The third-order valence-corrected chi connectivity index (χ3v) is 6.12. The molecule has 0 radical (unpaired) electrons. The van der Waals surface area contributed by atoms with Crippen molar-refractivity contribution in [1.29, 1.82) is 0 Å². The van der Waals surface area contributed by atoms with E-state index in [1.54, 1.807) is 24.3 Å². The van der Waals surface area contributed by atoms with Gasteiger partial charge in [-0.05, 0) is 48.4 Å². The second kappa shape index (κ2) is 7.92. The van der Waals surface area contributed by atoms with Gasteiger partial charge >= 0.3 is 0 Å². The SMILES string of the molecule is CCc1nnc(NC(=O)C(C)C(C)NC(=O)c2ccc3sccc3c2)s1. The highest BCUT2D eigenvalue weighted by molar-refractivity contribution is 7.17. The van der Waals surface area contributed by atoms with E-state index in [-0.39, 0.29) is 17.9 Å². The number of thiophene rings is 1. The van der Waals surface area contributed by atoms with Gasteiger partial charge in [-0.1, -0.05) is 25.2 Å². The second-order valence-corrected chi connectivity index (χ2v) is 8.08. The van der Waals surface area contributed by atoms with Gasteiger partial charge in [0.1, 0.15) is 5.01 Å². The molecule has 2 N–H and O–H groups in total. The average molecular weight is 389 g/mol. The summed E-state index contributed by atoms with van der Waals surface area (Å²) in [6.07, 6.45) is 0.782. The number of carbonyl (C=O) groups excluding carboxylic acids is 2. The number of anilines is 1. The fourth-order valence-electron chi connectivity index (χ4n) is 2.42. The number of aromatic nitrogens is 2. The molecule has 0 spiro atoms. The summed E-state index contributed by atoms with van der Waals surface area (Å²) < 4.78 is 1.14. The molecule has 2 heterocycles. The Balaban J connectivity index is 1.61. The summed E-state index contributed by atoms with van der Waals surface area (Å²) in [5.74, 6) is -0.780. The third-order valence-electron chi connectivity index (χ3n) is 4.24. The van der Waals surface area contributed by atoms with Crippen molar-refractivity contribution >= 4 is 49.7 Å². The Labute approximate surface area is 159 Å². The topological polar surface area (TPSA) is 84.0 Å². The van der Waals surface area contributed by atoms with Crippen LogP contribution in [-0.2, 0) is 11.2 Å². The first-order valence-electron chi connectivity index (χ1n) is 8.39. The number of hydrogen-bond acceptors (Lipinski definition) is 6. The summed E-state index contributed by atoms with van der Waals surface area (Å²) in [4.78, 5) is 24.9. The van der Waals surface area contributed by atoms with Crippen LogP contribution in [0, 0.1) is 5.92 Å². The number of aryl methyl sites for hydroxylation is 1. The van der Waals surface area contributed by atoms with Gasteiger partial charge in [-0.25, -0.2) is 0 Å². The molecule has 3 aromatic rings. The molecule has 26 heavy (non-hydrogen) atoms. The standard InChI is InChI=1S/C18H20N4O2S2/c1-4-15-21-22-18(26-15)20-16(23)10(2)11(3)19-17(24)13-5-6-14-12(9-13)7-8-25-14/h5-11H,4H2,1-3H3,(H,19,24)(H,20,22,23). The van der Waals surface area contributed by atoms with Crippen LogP contribution >= 0.6 is 22.7 Å². The van der Waals surface area contributed by atoms with E-state index in [1.807, 2.05) is 37.4 Å². The van der Waals surface area contributed by atoms with Crippen LogP contribution in [0.4, 0.5) is 5.13 Å². The number of amides is 2. The van der Waals surface area contributed by atoms with E-state index in [2.05, 4.69) is 20.8 Å². The molecule has 0 fully saturated rings. The fourth-order valence-corrected chi connectivity index (χ4v) is 3.87. The number of rotatable bonds is 6. The highest BCUT2D eigenvalue weighted by Crippen LogP contribution is 2.22. The van der Waals surface area contributed by atoms with Crippen molar-refractivity contribution in [2.24, 2.45) is 5.92 Å². The molecule has 8 heteroatoms. The monoisotopic (exact) mass is 388 g/mol. The maximum absolute atomic E-state index is 12.5. The minimum absolute atomic E-state index is 0.186. The van der Waals surface area contributed by atoms with E-state index in [0.29, 0.717) is 10.7 Å². The van der Waals surface area contributed by atoms with Gasteiger partial charge in [-0.2, -0.15) is 0 Å². The van der Waals surface area contributed by atoms with Gasteiger partial charge in [0.25, 0.3) is 5.91 Å². The van der Waals surface area contributed by atoms with Gasteiger partial charge in [-0.3, -0.25) is 9.59 Å². The molecular formula is C18H20N4O2S2. The number of nitrogens with zero attached hydrogens (tertiary/aromatic N) is 2. The van der Waals surface area contributed by atoms with E-state index in [0.717, 1.165) is 21.5 Å². The Bertz CT molecular complexity index is 934. The fraction of sp³-hybridized carbons (Fsp3) is 0.333. The molecule has 6 nitrogen and oxygen atoms in total. The Morgan fingerprint density at radius 1 is 1.19 bits per heavy atom. The molecule has 1 aromatic carbocycles. The number of fused-ring (bicyclic) bond motifs is 1. The molecule has 2 aromatic heterocycles. The van der Waals surface area contributed by atoms with E-state index in [4.69, 9.17) is 0 Å². The van der Waals surface area contributed by atoms with Crippen molar-refractivity contribution in [2.45, 2.75) is 33.2 Å². The second-order valence-electron chi connectivity index (χ2n) is 6.07. The smallest absolute Gasteiger partial charge is 0.251 e. The van der Waals surface area contributed by atoms with Gasteiger partial charge < -0.3 is 10.6 Å². The van der Waals surface area contributed by atoms with E-state index < -0.39 is 5.92 Å². The summed E-state index contributed by atoms with van der Waals surface area (Å²) in [5.41, 5.74) is 0.590. The van der Waals surface area contributed by atoms with Gasteiger partial charge in [0, 0.05) is 16.3 Å². The lowest BCUT2D eigenvalue weighted by Gasteiger charge is -2.20. The van der Waals surface area contributed by atoms with E-state index in [1.165, 1.54) is 11.3 Å². The zero-order valence-corrected chi connectivity index (χ0v) is 16.4. The molecule has 0 aliphatic rings. The highest BCUT2D eigenvalue weighted by Gasteiger charge is 2.23. The van der Waals surface area contributed by atoms with Crippen molar-refractivity contribution in [3.8, 4) is 0 Å². The molecule has 3 rings (SSSR count). The number of benzene rings is 1. The lowest BCUT2D eigenvalue weighted by Crippen LogP contribution is -2.41. The van der Waals surface area contributed by atoms with Crippen molar-refractivity contribution in [3.05, 3.63) is 40.2 Å². The molecule has 0 saturated heterocycles. The molecule has 0 aliphatic heterocycles. The Morgan fingerprint density at radius 3 is 2.73 bits per heavy atom. The first-order chi connectivity index (χ1) is 12.5. The van der Waals surface area contributed by atoms with Crippen LogP contribution < -0.4 is 10.6 Å². The Kier molecular flexibility index (Phi) is 5.63. The number of nitrogens with one attached hydrogen (secondary N) is 2. The Morgan fingerprint density at radius 2 is 2.00 bits per heavy atom. The van der Waals surface area contributed by atoms with E-state index in [9.17, 15) is 9.59 Å². The maximum atomic E-state index is 12.5. The maximum Gasteiger partial charge on any atom is 0.251 e. The van der Waals surface area contributed by atoms with E-state index >= 15 is 0 Å². The van der Waals surface area contributed by atoms with Crippen LogP contribution in [0.25, 0.3) is 10.1 Å². The zero-order valence-electron chi connectivity index (χ0n) is 14.8. The van der Waals surface area contributed by atoms with Gasteiger partial charge in [0.2, 0.25) is 11.0 Å². The molecule has 136 valence electrons. The molecule has 2 unspecified atom stereocenters. The summed E-state index contributed by atoms with van der Waals surface area (Å²) >= 11 is 3.00. The first-order valence-corrected chi connectivity index (χ1v) is 10.1. The molecule has 0 aliphatic carbocycles. The predicted molar refractivity (Wildman–Crippen MR) is 106 cm³/mol. The summed E-state index contributed by atoms with van der Waals surface area (Å²) in [7, 11) is 0. The molecule has 2 amide bonds. The number of hydrogen-bond donors (Lipinski definition) is 2. The highest BCUT2D eigenvalue weighted by atomic mass is 32.1. The van der Waals surface area contributed by atoms with Crippen LogP contribution in [0.1, 0.15) is 36.1 Å². The molecule has 2 atom stereocenters. The average Bonchev–Trinajstić information content (AvgIpc) is 3.28. The summed E-state index contributed by atoms with van der Waals surface area (Å²) in [6.45, 7) is 5.59. The molecule has 0 bridgehead atoms. The molecule has 0 saturated carbocycles. The lowest BCUT2D eigenvalue weighted by atomic mass is 10.0. The minimum atomic E-state index is -0.405. The minimum Gasteiger partial charge on any atom is -0.349 e. The van der Waals surface area contributed by atoms with Crippen LogP contribution in [0.5, 0.6) is 0 Å². The predicted octanol–water partition coefficient (Wildman–Crippen LogP) is 3.71. The van der Waals surface area contributed by atoms with Gasteiger partial charge in [0.05, 0.1) is 5.92 Å². The Hall–Kier alpha value is -2.32. The third kappa shape index (κ3) is 4.08. The zero-order chi connectivity index (χ0) is 18.7. The lowest BCUT2D eigenvalue weighted by molar-refractivity contribution is -0.120. The normalized spacial score (nSPS) is 13.3. The van der Waals surface area contributed by atoms with Crippen molar-refractivity contribution in [1.82, 2.24) is 15.5 Å². The summed E-state index contributed by atoms with van der Waals surface area (Å²) in [5, 5.41) is 18.0. The largest absolute Gasteiger partial charge is 0.349 e. The molecular weight excluding hydrogens is 368 g/mol. The summed E-state index contributed by atoms with van der Waals surface area (Å²) in [6, 6.07) is 7.28. The van der Waals surface area contributed by atoms with Crippen LogP contribution in [0.3, 0.4) is 0 Å². The van der Waals surface area contributed by atoms with Gasteiger partial charge in [-0.15, -0.1) is 21.5 Å². The quantitative estimate of drug-likeness (QED) is 0.674. The van der Waals surface area contributed by atoms with Crippen LogP contribution in [0.15, 0.2) is 29.6 Å². The van der Waals surface area contributed by atoms with Crippen LogP contribution in [-0.4, -0.2) is 28.1 Å². The van der Waals surface area contributed by atoms with Crippen molar-refractivity contribution in [2.75, 3.05) is 5.32 Å². The van der Waals surface area contributed by atoms with Crippen molar-refractivity contribution < 1.29 is 9.59 Å². The first kappa shape index (κ1) is 18.5. The van der Waals surface area contributed by atoms with Gasteiger partial charge in [0.15, 0.2) is 0 Å². The van der Waals surface area contributed by atoms with Crippen LogP contribution in [0.2, 0.25) is 0 Å². The van der Waals surface area contributed by atoms with Crippen molar-refractivity contribution in [3.63, 3.8) is 0 Å². The number of carbonyl (C=O) groups is 2.